The lowest BCUT2D eigenvalue weighted by Gasteiger charge is -2.22. The van der Waals surface area contributed by atoms with Crippen LogP contribution in [0.15, 0.2) is 94.9 Å². The normalized spacial score (nSPS) is 10.8. The average molecular weight is 500 g/mol. The lowest BCUT2D eigenvalue weighted by atomic mass is 10.2. The summed E-state index contributed by atoms with van der Waals surface area (Å²) >= 11 is 1.41. The highest BCUT2D eigenvalue weighted by molar-refractivity contribution is 7.12. The van der Waals surface area contributed by atoms with Crippen molar-refractivity contribution < 1.29 is 18.7 Å². The van der Waals surface area contributed by atoms with Crippen LogP contribution in [0, 0.1) is 6.92 Å². The van der Waals surface area contributed by atoms with Crippen molar-refractivity contribution >= 4 is 17.2 Å². The first-order chi connectivity index (χ1) is 17.6. The standard InChI is InChI=1S/C28H25N3O4S/c1-20-25(19-30(18-24-10-6-16-34-24)27(32)26-11-7-17-36-26)28(31(29-20)21-8-4-3-5-9-21)35-23-14-12-22(33-2)13-15-23/h3-17H,18-19H2,1-2H3. The van der Waals surface area contributed by atoms with Gasteiger partial charge in [-0.15, -0.1) is 11.3 Å². The van der Waals surface area contributed by atoms with Crippen molar-refractivity contribution in [1.29, 1.82) is 0 Å². The molecule has 0 unspecified atom stereocenters. The van der Waals surface area contributed by atoms with Gasteiger partial charge in [0.05, 0.1) is 48.3 Å². The Morgan fingerprint density at radius 1 is 0.972 bits per heavy atom. The van der Waals surface area contributed by atoms with E-state index in [0.717, 1.165) is 22.7 Å². The summed E-state index contributed by atoms with van der Waals surface area (Å²) in [6.45, 7) is 2.54. The molecule has 36 heavy (non-hydrogen) atoms. The molecule has 0 atom stereocenters. The van der Waals surface area contributed by atoms with Crippen LogP contribution in [0.3, 0.4) is 0 Å². The Labute approximate surface area is 213 Å². The third kappa shape index (κ3) is 5.04. The van der Waals surface area contributed by atoms with Gasteiger partial charge in [0, 0.05) is 0 Å². The number of aryl methyl sites for hydroxylation is 1. The molecule has 182 valence electrons. The van der Waals surface area contributed by atoms with Crippen LogP contribution in [0.4, 0.5) is 0 Å². The highest BCUT2D eigenvalue weighted by Crippen LogP contribution is 2.33. The van der Waals surface area contributed by atoms with E-state index in [1.165, 1.54) is 11.3 Å². The number of hydrogen-bond acceptors (Lipinski definition) is 6. The number of thiophene rings is 1. The first-order valence-electron chi connectivity index (χ1n) is 11.4. The Kier molecular flexibility index (Phi) is 6.86. The number of amides is 1. The van der Waals surface area contributed by atoms with Crippen molar-refractivity contribution in [2.75, 3.05) is 7.11 Å². The number of nitrogens with zero attached hydrogens (tertiary/aromatic N) is 3. The summed E-state index contributed by atoms with van der Waals surface area (Å²) in [5, 5.41) is 6.69. The lowest BCUT2D eigenvalue weighted by Crippen LogP contribution is -2.29. The van der Waals surface area contributed by atoms with Gasteiger partial charge in [-0.1, -0.05) is 24.3 Å². The molecule has 3 aromatic heterocycles. The molecule has 8 heteroatoms. The van der Waals surface area contributed by atoms with Gasteiger partial charge in [-0.3, -0.25) is 4.79 Å². The first-order valence-corrected chi connectivity index (χ1v) is 12.3. The maximum absolute atomic E-state index is 13.5. The van der Waals surface area contributed by atoms with Gasteiger partial charge in [0.25, 0.3) is 5.91 Å². The molecular formula is C28H25N3O4S. The summed E-state index contributed by atoms with van der Waals surface area (Å²) in [5.74, 6) is 2.54. The molecule has 1 amide bonds. The molecule has 2 aromatic carbocycles. The molecule has 0 saturated heterocycles. The minimum Gasteiger partial charge on any atom is -0.497 e. The van der Waals surface area contributed by atoms with Gasteiger partial charge < -0.3 is 18.8 Å². The predicted molar refractivity (Wildman–Crippen MR) is 138 cm³/mol. The first kappa shape index (κ1) is 23.4. The fourth-order valence-electron chi connectivity index (χ4n) is 3.86. The zero-order valence-electron chi connectivity index (χ0n) is 20.0. The summed E-state index contributed by atoms with van der Waals surface area (Å²) in [4.78, 5) is 15.9. The third-order valence-corrected chi connectivity index (χ3v) is 6.56. The SMILES string of the molecule is COc1ccc(Oc2c(CN(Cc3ccco3)C(=O)c3cccs3)c(C)nn2-c2ccccc2)cc1. The lowest BCUT2D eigenvalue weighted by molar-refractivity contribution is 0.0721. The van der Waals surface area contributed by atoms with Crippen LogP contribution in [-0.2, 0) is 13.1 Å². The number of methoxy groups -OCH3 is 1. The molecule has 0 aliphatic heterocycles. The second-order valence-corrected chi connectivity index (χ2v) is 9.06. The van der Waals surface area contributed by atoms with Crippen molar-refractivity contribution in [1.82, 2.24) is 14.7 Å². The third-order valence-electron chi connectivity index (χ3n) is 5.71. The van der Waals surface area contributed by atoms with Crippen LogP contribution in [0.1, 0.15) is 26.7 Å². The number of benzene rings is 2. The van der Waals surface area contributed by atoms with Gasteiger partial charge in [-0.2, -0.15) is 5.10 Å². The number of hydrogen-bond donors (Lipinski definition) is 0. The minimum absolute atomic E-state index is 0.0799. The molecule has 5 aromatic rings. The number of rotatable bonds is 9. The maximum atomic E-state index is 13.5. The average Bonchev–Trinajstić information content (AvgIpc) is 3.68. The summed E-state index contributed by atoms with van der Waals surface area (Å²) in [6.07, 6.45) is 1.61. The van der Waals surface area contributed by atoms with E-state index in [2.05, 4.69) is 0 Å². The molecule has 5 rings (SSSR count). The van der Waals surface area contributed by atoms with Gasteiger partial charge in [0.2, 0.25) is 5.88 Å². The molecule has 7 nitrogen and oxygen atoms in total. The van der Waals surface area contributed by atoms with E-state index >= 15 is 0 Å². The van der Waals surface area contributed by atoms with Crippen LogP contribution < -0.4 is 9.47 Å². The van der Waals surface area contributed by atoms with Gasteiger partial charge in [-0.05, 0) is 66.9 Å². The number of para-hydroxylation sites is 1. The number of carbonyl (C=O) groups is 1. The monoisotopic (exact) mass is 499 g/mol. The van der Waals surface area contributed by atoms with Gasteiger partial charge in [0.1, 0.15) is 17.3 Å². The molecule has 0 bridgehead atoms. The van der Waals surface area contributed by atoms with Crippen molar-refractivity contribution in [2.24, 2.45) is 0 Å². The highest BCUT2D eigenvalue weighted by atomic mass is 32.1. The molecule has 0 saturated carbocycles. The van der Waals surface area contributed by atoms with Crippen molar-refractivity contribution in [2.45, 2.75) is 20.0 Å². The van der Waals surface area contributed by atoms with E-state index in [0.29, 0.717) is 35.4 Å². The summed E-state index contributed by atoms with van der Waals surface area (Å²) in [7, 11) is 1.63. The van der Waals surface area contributed by atoms with E-state index in [4.69, 9.17) is 19.0 Å². The van der Waals surface area contributed by atoms with E-state index in [-0.39, 0.29) is 5.91 Å². The van der Waals surface area contributed by atoms with E-state index < -0.39 is 0 Å². The molecule has 0 aliphatic carbocycles. The van der Waals surface area contributed by atoms with E-state index in [1.807, 2.05) is 91.2 Å². The molecule has 0 N–H and O–H groups in total. The zero-order chi connectivity index (χ0) is 24.9. The van der Waals surface area contributed by atoms with Crippen molar-refractivity contribution in [3.8, 4) is 23.1 Å². The van der Waals surface area contributed by atoms with Crippen LogP contribution in [0.2, 0.25) is 0 Å². The second kappa shape index (κ2) is 10.5. The van der Waals surface area contributed by atoms with Crippen molar-refractivity contribution in [3.05, 3.63) is 112 Å². The Morgan fingerprint density at radius 2 is 1.75 bits per heavy atom. The van der Waals surface area contributed by atoms with Gasteiger partial charge >= 0.3 is 0 Å². The van der Waals surface area contributed by atoms with Crippen molar-refractivity contribution in [3.63, 3.8) is 0 Å². The zero-order valence-corrected chi connectivity index (χ0v) is 20.8. The minimum atomic E-state index is -0.0799. The number of ether oxygens (including phenoxy) is 2. The fourth-order valence-corrected chi connectivity index (χ4v) is 4.55. The molecule has 0 radical (unpaired) electrons. The maximum Gasteiger partial charge on any atom is 0.264 e. The summed E-state index contributed by atoms with van der Waals surface area (Å²) in [6, 6.07) is 24.6. The summed E-state index contributed by atoms with van der Waals surface area (Å²) in [5.41, 5.74) is 2.44. The highest BCUT2D eigenvalue weighted by Gasteiger charge is 2.25. The van der Waals surface area contributed by atoms with E-state index in [9.17, 15) is 4.79 Å². The molecule has 3 heterocycles. The molecular weight excluding hydrogens is 474 g/mol. The largest absolute Gasteiger partial charge is 0.497 e. The Morgan fingerprint density at radius 3 is 2.42 bits per heavy atom. The second-order valence-electron chi connectivity index (χ2n) is 8.11. The van der Waals surface area contributed by atoms with E-state index in [1.54, 1.807) is 23.0 Å². The van der Waals surface area contributed by atoms with Crippen LogP contribution in [0.25, 0.3) is 5.69 Å². The van der Waals surface area contributed by atoms with Gasteiger partial charge in [-0.25, -0.2) is 4.68 Å². The molecule has 0 fully saturated rings. The topological polar surface area (TPSA) is 69.7 Å². The molecule has 0 spiro atoms. The summed E-state index contributed by atoms with van der Waals surface area (Å²) < 4.78 is 19.0. The van der Waals surface area contributed by atoms with Gasteiger partial charge in [0.15, 0.2) is 0 Å². The number of carbonyl (C=O) groups excluding carboxylic acids is 1. The van der Waals surface area contributed by atoms with Crippen LogP contribution in [0.5, 0.6) is 17.4 Å². The van der Waals surface area contributed by atoms with Crippen LogP contribution in [-0.4, -0.2) is 27.7 Å². The fraction of sp³-hybridized carbons (Fsp3) is 0.143. The molecule has 0 aliphatic rings. The quantitative estimate of drug-likeness (QED) is 0.232. The smallest absolute Gasteiger partial charge is 0.264 e. The Hall–Kier alpha value is -4.30. The Bertz CT molecular complexity index is 1410. The number of furan rings is 1. The number of aromatic nitrogens is 2. The van der Waals surface area contributed by atoms with Crippen LogP contribution >= 0.6 is 11.3 Å². The Balaban J connectivity index is 1.55. The predicted octanol–water partition coefficient (Wildman–Crippen LogP) is 6.48.